The molecule has 0 aliphatic carbocycles. The van der Waals surface area contributed by atoms with Crippen molar-refractivity contribution in [2.24, 2.45) is 0 Å². The average Bonchev–Trinajstić information content (AvgIpc) is 2.62. The molecule has 0 fully saturated rings. The normalized spacial score (nSPS) is 10.4. The van der Waals surface area contributed by atoms with E-state index in [4.69, 9.17) is 9.47 Å². The van der Waals surface area contributed by atoms with Gasteiger partial charge in [0, 0.05) is 0 Å². The molecule has 0 spiro atoms. The van der Waals surface area contributed by atoms with Crippen molar-refractivity contribution >= 4 is 5.97 Å². The van der Waals surface area contributed by atoms with Crippen LogP contribution < -0.4 is 9.47 Å². The lowest BCUT2D eigenvalue weighted by Gasteiger charge is -2.12. The summed E-state index contributed by atoms with van der Waals surface area (Å²) in [5, 5.41) is 9.76. The molecule has 0 aliphatic heterocycles. The molecule has 4 nitrogen and oxygen atoms in total. The second-order valence-electron chi connectivity index (χ2n) is 5.97. The van der Waals surface area contributed by atoms with Crippen molar-refractivity contribution in [2.45, 2.75) is 45.4 Å². The maximum absolute atomic E-state index is 12.2. The highest BCUT2D eigenvalue weighted by molar-refractivity contribution is 5.94. The van der Waals surface area contributed by atoms with E-state index in [-0.39, 0.29) is 11.3 Å². The van der Waals surface area contributed by atoms with E-state index in [1.54, 1.807) is 30.3 Å². The Hall–Kier alpha value is -2.49. The van der Waals surface area contributed by atoms with E-state index in [0.29, 0.717) is 18.1 Å². The molecule has 2 aromatic carbocycles. The molecule has 0 amide bonds. The summed E-state index contributed by atoms with van der Waals surface area (Å²) >= 11 is 0. The Morgan fingerprint density at radius 3 is 2.28 bits per heavy atom. The van der Waals surface area contributed by atoms with Crippen LogP contribution in [0.15, 0.2) is 48.5 Å². The number of hydrogen-bond acceptors (Lipinski definition) is 4. The van der Waals surface area contributed by atoms with E-state index < -0.39 is 5.97 Å². The van der Waals surface area contributed by atoms with Gasteiger partial charge >= 0.3 is 5.97 Å². The number of benzene rings is 2. The summed E-state index contributed by atoms with van der Waals surface area (Å²) < 4.78 is 11.2. The van der Waals surface area contributed by atoms with Crippen LogP contribution in [0.4, 0.5) is 0 Å². The van der Waals surface area contributed by atoms with E-state index >= 15 is 0 Å². The van der Waals surface area contributed by atoms with Crippen LogP contribution >= 0.6 is 0 Å². The standard InChI is InChI=1S/C21H26O4/c1-2-3-4-5-6-11-16-24-19-14-9-10-15-20(19)25-21(23)17-12-7-8-13-18(17)22/h7-10,12-15,22H,2-6,11,16H2,1H3. The number of phenols is 1. The van der Waals surface area contributed by atoms with Gasteiger partial charge in [0.25, 0.3) is 0 Å². The summed E-state index contributed by atoms with van der Waals surface area (Å²) in [6.07, 6.45) is 7.13. The molecule has 1 N–H and O–H groups in total. The molecule has 4 heteroatoms. The summed E-state index contributed by atoms with van der Waals surface area (Å²) in [6, 6.07) is 13.4. The minimum atomic E-state index is -0.603. The van der Waals surface area contributed by atoms with Crippen LogP contribution in [0, 0.1) is 0 Å². The summed E-state index contributed by atoms with van der Waals surface area (Å²) in [6.45, 7) is 2.80. The van der Waals surface area contributed by atoms with Crippen molar-refractivity contribution in [3.8, 4) is 17.2 Å². The fraction of sp³-hybridized carbons (Fsp3) is 0.381. The van der Waals surface area contributed by atoms with Crippen LogP contribution in [0.25, 0.3) is 0 Å². The van der Waals surface area contributed by atoms with E-state index in [1.165, 1.54) is 37.8 Å². The van der Waals surface area contributed by atoms with Gasteiger partial charge in [0.1, 0.15) is 11.3 Å². The minimum Gasteiger partial charge on any atom is -0.507 e. The predicted octanol–water partition coefficient (Wildman–Crippen LogP) is 5.35. The molecule has 2 aromatic rings. The van der Waals surface area contributed by atoms with Gasteiger partial charge in [-0.15, -0.1) is 0 Å². The van der Waals surface area contributed by atoms with Gasteiger partial charge in [0.2, 0.25) is 0 Å². The highest BCUT2D eigenvalue weighted by Crippen LogP contribution is 2.28. The van der Waals surface area contributed by atoms with Crippen molar-refractivity contribution < 1.29 is 19.4 Å². The third kappa shape index (κ3) is 6.14. The van der Waals surface area contributed by atoms with Gasteiger partial charge in [0.15, 0.2) is 11.5 Å². The Kier molecular flexibility index (Phi) is 7.83. The number of carbonyl (C=O) groups is 1. The molecule has 0 saturated heterocycles. The van der Waals surface area contributed by atoms with Crippen LogP contribution in [0.1, 0.15) is 55.8 Å². The SMILES string of the molecule is CCCCCCCCOc1ccccc1OC(=O)c1ccccc1O. The van der Waals surface area contributed by atoms with Gasteiger partial charge in [-0.2, -0.15) is 0 Å². The molecule has 0 aromatic heterocycles. The third-order valence-electron chi connectivity index (χ3n) is 3.93. The van der Waals surface area contributed by atoms with E-state index in [2.05, 4.69) is 6.92 Å². The zero-order chi connectivity index (χ0) is 17.9. The Morgan fingerprint density at radius 1 is 0.880 bits per heavy atom. The Balaban J connectivity index is 1.88. The molecule has 0 aliphatic rings. The Bertz CT molecular complexity index is 666. The van der Waals surface area contributed by atoms with Crippen molar-refractivity contribution in [3.05, 3.63) is 54.1 Å². The molecule has 0 unspecified atom stereocenters. The van der Waals surface area contributed by atoms with E-state index in [1.807, 2.05) is 6.07 Å². The first-order valence-corrected chi connectivity index (χ1v) is 8.94. The molecule has 0 atom stereocenters. The Morgan fingerprint density at radius 2 is 1.52 bits per heavy atom. The minimum absolute atomic E-state index is 0.0991. The quantitative estimate of drug-likeness (QED) is 0.359. The lowest BCUT2D eigenvalue weighted by atomic mass is 10.1. The highest BCUT2D eigenvalue weighted by atomic mass is 16.6. The largest absolute Gasteiger partial charge is 0.507 e. The molecular weight excluding hydrogens is 316 g/mol. The van der Waals surface area contributed by atoms with Crippen LogP contribution in [-0.4, -0.2) is 17.7 Å². The van der Waals surface area contributed by atoms with Crippen LogP contribution in [0.2, 0.25) is 0 Å². The van der Waals surface area contributed by atoms with Gasteiger partial charge in [0.05, 0.1) is 6.61 Å². The van der Waals surface area contributed by atoms with Crippen molar-refractivity contribution in [3.63, 3.8) is 0 Å². The fourth-order valence-corrected chi connectivity index (χ4v) is 2.52. The van der Waals surface area contributed by atoms with Gasteiger partial charge in [-0.05, 0) is 30.7 Å². The van der Waals surface area contributed by atoms with Crippen LogP contribution in [0.3, 0.4) is 0 Å². The molecule has 0 radical (unpaired) electrons. The van der Waals surface area contributed by atoms with Crippen LogP contribution in [0.5, 0.6) is 17.2 Å². The highest BCUT2D eigenvalue weighted by Gasteiger charge is 2.15. The number of aromatic hydroxyl groups is 1. The van der Waals surface area contributed by atoms with Crippen molar-refractivity contribution in [1.29, 1.82) is 0 Å². The molecule has 0 saturated carbocycles. The summed E-state index contributed by atoms with van der Waals surface area (Å²) in [7, 11) is 0. The third-order valence-corrected chi connectivity index (χ3v) is 3.93. The smallest absolute Gasteiger partial charge is 0.347 e. The number of para-hydroxylation sites is 3. The maximum atomic E-state index is 12.2. The van der Waals surface area contributed by atoms with Crippen molar-refractivity contribution in [1.82, 2.24) is 0 Å². The molecule has 25 heavy (non-hydrogen) atoms. The molecule has 2 rings (SSSR count). The summed E-state index contributed by atoms with van der Waals surface area (Å²) in [4.78, 5) is 12.2. The van der Waals surface area contributed by atoms with E-state index in [9.17, 15) is 9.90 Å². The average molecular weight is 342 g/mol. The number of esters is 1. The molecule has 0 bridgehead atoms. The topological polar surface area (TPSA) is 55.8 Å². The number of hydrogen-bond donors (Lipinski definition) is 1. The van der Waals surface area contributed by atoms with Gasteiger partial charge < -0.3 is 14.6 Å². The van der Waals surface area contributed by atoms with Crippen LogP contribution in [-0.2, 0) is 0 Å². The zero-order valence-electron chi connectivity index (χ0n) is 14.7. The number of rotatable bonds is 10. The van der Waals surface area contributed by atoms with Gasteiger partial charge in [-0.25, -0.2) is 4.79 Å². The number of phenolic OH excluding ortho intramolecular Hbond substituents is 1. The predicted molar refractivity (Wildman–Crippen MR) is 98.4 cm³/mol. The first-order valence-electron chi connectivity index (χ1n) is 8.94. The monoisotopic (exact) mass is 342 g/mol. The molecular formula is C21H26O4. The van der Waals surface area contributed by atoms with Gasteiger partial charge in [-0.1, -0.05) is 63.3 Å². The maximum Gasteiger partial charge on any atom is 0.347 e. The van der Waals surface area contributed by atoms with E-state index in [0.717, 1.165) is 12.8 Å². The fourth-order valence-electron chi connectivity index (χ4n) is 2.52. The van der Waals surface area contributed by atoms with Crippen molar-refractivity contribution in [2.75, 3.05) is 6.61 Å². The lowest BCUT2D eigenvalue weighted by molar-refractivity contribution is 0.0725. The number of ether oxygens (including phenoxy) is 2. The van der Waals surface area contributed by atoms with Gasteiger partial charge in [-0.3, -0.25) is 0 Å². The number of carbonyl (C=O) groups excluding carboxylic acids is 1. The first-order chi connectivity index (χ1) is 12.2. The second kappa shape index (κ2) is 10.4. The number of unbranched alkanes of at least 4 members (excludes halogenated alkanes) is 5. The molecule has 134 valence electrons. The second-order valence-corrected chi connectivity index (χ2v) is 5.97. The Labute approximate surface area is 149 Å². The summed E-state index contributed by atoms with van der Waals surface area (Å²) in [5.41, 5.74) is 0.133. The molecule has 0 heterocycles. The zero-order valence-corrected chi connectivity index (χ0v) is 14.7. The summed E-state index contributed by atoms with van der Waals surface area (Å²) in [5.74, 6) is 0.202. The first kappa shape index (κ1) is 18.8. The lowest BCUT2D eigenvalue weighted by Crippen LogP contribution is -2.10.